The molecule has 0 spiro atoms. The fourth-order valence-electron chi connectivity index (χ4n) is 2.89. The first-order valence-electron chi connectivity index (χ1n) is 8.21. The Hall–Kier alpha value is -1.12. The van der Waals surface area contributed by atoms with Crippen LogP contribution >= 0.6 is 0 Å². The Bertz CT molecular complexity index is 325. The Labute approximate surface area is 124 Å². The fourth-order valence-corrected chi connectivity index (χ4v) is 2.89. The number of rotatable bonds is 10. The van der Waals surface area contributed by atoms with E-state index in [4.69, 9.17) is 10.5 Å². The molecule has 0 aromatic carbocycles. The monoisotopic (exact) mass is 280 g/mol. The van der Waals surface area contributed by atoms with E-state index in [1.54, 1.807) is 12.5 Å². The van der Waals surface area contributed by atoms with Crippen molar-refractivity contribution in [3.05, 3.63) is 24.5 Å². The standard InChI is InChI=1S/C17H32N2O/c1-4-6-8-10-12-17(3,11-9-7-5-2)19-13-14-20-15-16(19)18/h13-15H,4-12,18H2,1-3H3. The van der Waals surface area contributed by atoms with Gasteiger partial charge in [-0.1, -0.05) is 58.8 Å². The Kier molecular flexibility index (Phi) is 7.56. The average molecular weight is 280 g/mol. The van der Waals surface area contributed by atoms with Gasteiger partial charge in [0.05, 0.1) is 0 Å². The number of hydrogen-bond acceptors (Lipinski definition) is 3. The SMILES string of the molecule is CCCCCCC(C)(CCCCC)N1C=COC=C1N. The lowest BCUT2D eigenvalue weighted by Crippen LogP contribution is -2.45. The van der Waals surface area contributed by atoms with Gasteiger partial charge in [0, 0.05) is 11.7 Å². The zero-order valence-corrected chi connectivity index (χ0v) is 13.5. The Morgan fingerprint density at radius 1 is 1.05 bits per heavy atom. The van der Waals surface area contributed by atoms with Crippen LogP contribution in [0.2, 0.25) is 0 Å². The van der Waals surface area contributed by atoms with Gasteiger partial charge >= 0.3 is 0 Å². The first-order valence-corrected chi connectivity index (χ1v) is 8.21. The van der Waals surface area contributed by atoms with Crippen LogP contribution in [0.4, 0.5) is 0 Å². The maximum atomic E-state index is 6.11. The molecular formula is C17H32N2O. The summed E-state index contributed by atoms with van der Waals surface area (Å²) in [5, 5.41) is 0. The van der Waals surface area contributed by atoms with E-state index in [0.29, 0.717) is 0 Å². The lowest BCUT2D eigenvalue weighted by molar-refractivity contribution is 0.149. The van der Waals surface area contributed by atoms with Gasteiger partial charge in [0.1, 0.15) is 18.3 Å². The summed E-state index contributed by atoms with van der Waals surface area (Å²) < 4.78 is 5.17. The number of hydrogen-bond donors (Lipinski definition) is 1. The molecular weight excluding hydrogens is 248 g/mol. The van der Waals surface area contributed by atoms with E-state index in [-0.39, 0.29) is 5.54 Å². The Morgan fingerprint density at radius 2 is 1.65 bits per heavy atom. The highest BCUT2D eigenvalue weighted by molar-refractivity contribution is 5.09. The summed E-state index contributed by atoms with van der Waals surface area (Å²) in [6, 6.07) is 0. The summed E-state index contributed by atoms with van der Waals surface area (Å²) >= 11 is 0. The van der Waals surface area contributed by atoms with Crippen LogP contribution in [0.3, 0.4) is 0 Å². The first kappa shape index (κ1) is 16.9. The van der Waals surface area contributed by atoms with Gasteiger partial charge in [-0.2, -0.15) is 0 Å². The largest absolute Gasteiger partial charge is 0.467 e. The third-order valence-electron chi connectivity index (χ3n) is 4.22. The van der Waals surface area contributed by atoms with E-state index >= 15 is 0 Å². The lowest BCUT2D eigenvalue weighted by Gasteiger charge is -2.42. The molecule has 0 amide bonds. The molecule has 0 fully saturated rings. The third-order valence-corrected chi connectivity index (χ3v) is 4.22. The molecule has 0 aliphatic carbocycles. The van der Waals surface area contributed by atoms with E-state index < -0.39 is 0 Å². The van der Waals surface area contributed by atoms with E-state index in [1.807, 2.05) is 6.20 Å². The molecule has 1 heterocycles. The fraction of sp³-hybridized carbons (Fsp3) is 0.765. The normalized spacial score (nSPS) is 17.6. The number of ether oxygens (including phenoxy) is 1. The molecule has 20 heavy (non-hydrogen) atoms. The van der Waals surface area contributed by atoms with Gasteiger partial charge in [-0.15, -0.1) is 0 Å². The maximum absolute atomic E-state index is 6.11. The van der Waals surface area contributed by atoms with Gasteiger partial charge in [-0.3, -0.25) is 0 Å². The average Bonchev–Trinajstić information content (AvgIpc) is 2.44. The van der Waals surface area contributed by atoms with E-state index in [0.717, 1.165) is 5.82 Å². The molecule has 0 bridgehead atoms. The second-order valence-electron chi connectivity index (χ2n) is 6.10. The minimum Gasteiger partial charge on any atom is -0.467 e. The van der Waals surface area contributed by atoms with Crippen molar-refractivity contribution in [3.63, 3.8) is 0 Å². The van der Waals surface area contributed by atoms with Gasteiger partial charge in [0.2, 0.25) is 0 Å². The van der Waals surface area contributed by atoms with Gasteiger partial charge in [0.15, 0.2) is 0 Å². The molecule has 2 N–H and O–H groups in total. The van der Waals surface area contributed by atoms with Gasteiger partial charge in [-0.05, 0) is 19.8 Å². The van der Waals surface area contributed by atoms with Crippen LogP contribution < -0.4 is 5.73 Å². The predicted molar refractivity (Wildman–Crippen MR) is 85.6 cm³/mol. The highest BCUT2D eigenvalue weighted by atomic mass is 16.5. The molecule has 0 saturated carbocycles. The topological polar surface area (TPSA) is 38.5 Å². The molecule has 3 heteroatoms. The second kappa shape index (κ2) is 8.93. The van der Waals surface area contributed by atoms with E-state index in [9.17, 15) is 0 Å². The quantitative estimate of drug-likeness (QED) is 0.581. The summed E-state index contributed by atoms with van der Waals surface area (Å²) in [6.07, 6.45) is 16.7. The van der Waals surface area contributed by atoms with Crippen molar-refractivity contribution in [2.75, 3.05) is 0 Å². The van der Waals surface area contributed by atoms with Crippen molar-refractivity contribution in [2.24, 2.45) is 5.73 Å². The van der Waals surface area contributed by atoms with Gasteiger partial charge in [-0.25, -0.2) is 0 Å². The number of unbranched alkanes of at least 4 members (excludes halogenated alkanes) is 5. The highest BCUT2D eigenvalue weighted by Gasteiger charge is 2.31. The van der Waals surface area contributed by atoms with Crippen LogP contribution in [0.5, 0.6) is 0 Å². The van der Waals surface area contributed by atoms with Crippen LogP contribution in [-0.2, 0) is 4.74 Å². The Morgan fingerprint density at radius 3 is 2.25 bits per heavy atom. The molecule has 1 aliphatic heterocycles. The summed E-state index contributed by atoms with van der Waals surface area (Å²) in [5.74, 6) is 0.724. The first-order chi connectivity index (χ1) is 9.64. The second-order valence-corrected chi connectivity index (χ2v) is 6.10. The molecule has 0 radical (unpaired) electrons. The van der Waals surface area contributed by atoms with Gasteiger partial charge < -0.3 is 15.4 Å². The van der Waals surface area contributed by atoms with Crippen LogP contribution in [-0.4, -0.2) is 10.4 Å². The maximum Gasteiger partial charge on any atom is 0.140 e. The van der Waals surface area contributed by atoms with Crippen molar-refractivity contribution in [3.8, 4) is 0 Å². The van der Waals surface area contributed by atoms with Crippen molar-refractivity contribution < 1.29 is 4.74 Å². The van der Waals surface area contributed by atoms with Crippen molar-refractivity contribution >= 4 is 0 Å². The van der Waals surface area contributed by atoms with Crippen molar-refractivity contribution in [1.29, 1.82) is 0 Å². The summed E-state index contributed by atoms with van der Waals surface area (Å²) in [5.41, 5.74) is 6.23. The minimum atomic E-state index is 0.115. The number of nitrogens with zero attached hydrogens (tertiary/aromatic N) is 1. The number of nitrogens with two attached hydrogens (primary N) is 1. The zero-order valence-electron chi connectivity index (χ0n) is 13.5. The predicted octanol–water partition coefficient (Wildman–Crippen LogP) is 4.86. The molecule has 116 valence electrons. The third kappa shape index (κ3) is 5.10. The van der Waals surface area contributed by atoms with Gasteiger partial charge in [0.25, 0.3) is 0 Å². The lowest BCUT2D eigenvalue weighted by atomic mass is 9.86. The Balaban J connectivity index is 2.64. The molecule has 1 atom stereocenters. The van der Waals surface area contributed by atoms with E-state index in [2.05, 4.69) is 25.7 Å². The van der Waals surface area contributed by atoms with Crippen molar-refractivity contribution in [1.82, 2.24) is 4.90 Å². The molecule has 1 aliphatic rings. The smallest absolute Gasteiger partial charge is 0.140 e. The molecule has 1 rings (SSSR count). The molecule has 0 aromatic rings. The van der Waals surface area contributed by atoms with Crippen LogP contribution in [0.15, 0.2) is 24.5 Å². The summed E-state index contributed by atoms with van der Waals surface area (Å²) in [7, 11) is 0. The zero-order chi connectivity index (χ0) is 14.8. The molecule has 3 nitrogen and oxygen atoms in total. The highest BCUT2D eigenvalue weighted by Crippen LogP contribution is 2.32. The van der Waals surface area contributed by atoms with Crippen LogP contribution in [0.25, 0.3) is 0 Å². The van der Waals surface area contributed by atoms with Crippen molar-refractivity contribution in [2.45, 2.75) is 84.1 Å². The molecule has 0 aromatic heterocycles. The summed E-state index contributed by atoms with van der Waals surface area (Å²) in [6.45, 7) is 6.85. The molecule has 1 unspecified atom stereocenters. The van der Waals surface area contributed by atoms with E-state index in [1.165, 1.54) is 57.8 Å². The van der Waals surface area contributed by atoms with Crippen LogP contribution in [0, 0.1) is 0 Å². The minimum absolute atomic E-state index is 0.115. The van der Waals surface area contributed by atoms with Crippen LogP contribution in [0.1, 0.15) is 78.6 Å². The molecule has 0 saturated heterocycles. The summed E-state index contributed by atoms with van der Waals surface area (Å²) in [4.78, 5) is 2.21.